The van der Waals surface area contributed by atoms with Crippen LogP contribution in [-0.2, 0) is 6.42 Å². The van der Waals surface area contributed by atoms with Gasteiger partial charge in [0.1, 0.15) is 5.01 Å². The Morgan fingerprint density at radius 2 is 2.36 bits per heavy atom. The molecule has 0 amide bonds. The lowest BCUT2D eigenvalue weighted by atomic mass is 10.2. The summed E-state index contributed by atoms with van der Waals surface area (Å²) >= 11 is 3.03. The molecular formula is C10H9NOS2. The summed E-state index contributed by atoms with van der Waals surface area (Å²) in [7, 11) is 0. The van der Waals surface area contributed by atoms with Crippen molar-refractivity contribution >= 4 is 28.5 Å². The zero-order valence-electron chi connectivity index (χ0n) is 7.69. The Kier molecular flexibility index (Phi) is 2.74. The average molecular weight is 223 g/mol. The van der Waals surface area contributed by atoms with Crippen molar-refractivity contribution in [3.05, 3.63) is 38.5 Å². The predicted octanol–water partition coefficient (Wildman–Crippen LogP) is 2.94. The van der Waals surface area contributed by atoms with E-state index >= 15 is 0 Å². The van der Waals surface area contributed by atoms with Gasteiger partial charge in [-0.2, -0.15) is 0 Å². The Hall–Kier alpha value is -1.00. The van der Waals surface area contributed by atoms with E-state index in [0.29, 0.717) is 6.42 Å². The standard InChI is InChI=1S/C10H9NOS2/c1-7-6-14-10(11-7)5-8(12)9-3-2-4-13-9/h2-4,6H,5H2,1H3. The topological polar surface area (TPSA) is 30.0 Å². The van der Waals surface area contributed by atoms with Gasteiger partial charge in [-0.05, 0) is 18.4 Å². The monoisotopic (exact) mass is 223 g/mol. The van der Waals surface area contributed by atoms with Gasteiger partial charge in [0.15, 0.2) is 5.78 Å². The number of hydrogen-bond acceptors (Lipinski definition) is 4. The van der Waals surface area contributed by atoms with E-state index in [1.807, 2.05) is 29.8 Å². The van der Waals surface area contributed by atoms with Crippen molar-refractivity contribution in [2.45, 2.75) is 13.3 Å². The molecule has 0 radical (unpaired) electrons. The molecule has 72 valence electrons. The molecule has 4 heteroatoms. The number of ketones is 1. The first-order chi connectivity index (χ1) is 6.75. The molecule has 0 aliphatic rings. The Morgan fingerprint density at radius 1 is 1.50 bits per heavy atom. The fraction of sp³-hybridized carbons (Fsp3) is 0.200. The normalized spacial score (nSPS) is 10.4. The number of aromatic nitrogens is 1. The van der Waals surface area contributed by atoms with Gasteiger partial charge in [-0.15, -0.1) is 22.7 Å². The van der Waals surface area contributed by atoms with Crippen LogP contribution in [-0.4, -0.2) is 10.8 Å². The van der Waals surface area contributed by atoms with Crippen molar-refractivity contribution in [3.8, 4) is 0 Å². The minimum Gasteiger partial charge on any atom is -0.293 e. The van der Waals surface area contributed by atoms with Gasteiger partial charge in [-0.1, -0.05) is 6.07 Å². The Morgan fingerprint density at radius 3 is 2.93 bits per heavy atom. The number of carbonyl (C=O) groups excluding carboxylic acids is 1. The number of nitrogens with zero attached hydrogens (tertiary/aromatic N) is 1. The van der Waals surface area contributed by atoms with Crippen LogP contribution in [0.3, 0.4) is 0 Å². The zero-order valence-corrected chi connectivity index (χ0v) is 9.32. The molecule has 0 saturated heterocycles. The molecule has 2 rings (SSSR count). The second-order valence-corrected chi connectivity index (χ2v) is 4.85. The van der Waals surface area contributed by atoms with Crippen LogP contribution in [0.1, 0.15) is 20.4 Å². The van der Waals surface area contributed by atoms with Crippen LogP contribution >= 0.6 is 22.7 Å². The van der Waals surface area contributed by atoms with Crippen molar-refractivity contribution in [1.29, 1.82) is 0 Å². The largest absolute Gasteiger partial charge is 0.293 e. The van der Waals surface area contributed by atoms with Gasteiger partial charge >= 0.3 is 0 Å². The molecule has 2 aromatic heterocycles. The van der Waals surface area contributed by atoms with E-state index < -0.39 is 0 Å². The molecule has 0 fully saturated rings. The fourth-order valence-electron chi connectivity index (χ4n) is 1.15. The first-order valence-corrected chi connectivity index (χ1v) is 5.99. The number of thiazole rings is 1. The van der Waals surface area contributed by atoms with Crippen LogP contribution < -0.4 is 0 Å². The molecule has 0 aliphatic carbocycles. The number of carbonyl (C=O) groups is 1. The average Bonchev–Trinajstić information content (AvgIpc) is 2.75. The summed E-state index contributed by atoms with van der Waals surface area (Å²) in [5, 5.41) is 4.79. The minimum absolute atomic E-state index is 0.161. The van der Waals surface area contributed by atoms with Crippen LogP contribution in [0.5, 0.6) is 0 Å². The van der Waals surface area contributed by atoms with Crippen molar-refractivity contribution in [1.82, 2.24) is 4.98 Å². The lowest BCUT2D eigenvalue weighted by Crippen LogP contribution is -2.00. The lowest BCUT2D eigenvalue weighted by molar-refractivity contribution is 0.0997. The molecule has 0 unspecified atom stereocenters. The first-order valence-electron chi connectivity index (χ1n) is 4.23. The smallest absolute Gasteiger partial charge is 0.179 e. The van der Waals surface area contributed by atoms with E-state index in [9.17, 15) is 4.79 Å². The molecule has 0 spiro atoms. The molecule has 0 aliphatic heterocycles. The van der Waals surface area contributed by atoms with Crippen LogP contribution in [0.2, 0.25) is 0 Å². The molecular weight excluding hydrogens is 214 g/mol. The minimum atomic E-state index is 0.161. The molecule has 0 bridgehead atoms. The van der Waals surface area contributed by atoms with E-state index in [0.717, 1.165) is 15.6 Å². The summed E-state index contributed by atoms with van der Waals surface area (Å²) in [6.07, 6.45) is 0.430. The highest BCUT2D eigenvalue weighted by Gasteiger charge is 2.09. The van der Waals surface area contributed by atoms with Crippen LogP contribution in [0.25, 0.3) is 0 Å². The highest BCUT2D eigenvalue weighted by molar-refractivity contribution is 7.12. The zero-order chi connectivity index (χ0) is 9.97. The van der Waals surface area contributed by atoms with E-state index in [1.54, 1.807) is 11.3 Å². The number of aryl methyl sites for hydroxylation is 1. The van der Waals surface area contributed by atoms with Crippen molar-refractivity contribution < 1.29 is 4.79 Å². The number of thiophene rings is 1. The summed E-state index contributed by atoms with van der Waals surface area (Å²) in [6, 6.07) is 3.75. The molecule has 0 saturated carbocycles. The van der Waals surface area contributed by atoms with Gasteiger partial charge in [0.2, 0.25) is 0 Å². The van der Waals surface area contributed by atoms with Crippen molar-refractivity contribution in [2.75, 3.05) is 0 Å². The van der Waals surface area contributed by atoms with E-state index in [4.69, 9.17) is 0 Å². The number of Topliss-reactive ketones (excluding diaryl/α,β-unsaturated/α-hetero) is 1. The maximum atomic E-state index is 11.7. The lowest BCUT2D eigenvalue weighted by Gasteiger charge is -1.92. The van der Waals surface area contributed by atoms with E-state index in [1.165, 1.54) is 11.3 Å². The van der Waals surface area contributed by atoms with Gasteiger partial charge in [0, 0.05) is 11.1 Å². The summed E-state index contributed by atoms with van der Waals surface area (Å²) in [5.41, 5.74) is 0.990. The third kappa shape index (κ3) is 2.08. The second-order valence-electron chi connectivity index (χ2n) is 2.96. The molecule has 0 N–H and O–H groups in total. The summed E-state index contributed by atoms with van der Waals surface area (Å²) in [6.45, 7) is 1.94. The maximum Gasteiger partial charge on any atom is 0.179 e. The maximum absolute atomic E-state index is 11.7. The van der Waals surface area contributed by atoms with Crippen LogP contribution in [0, 0.1) is 6.92 Å². The van der Waals surface area contributed by atoms with Gasteiger partial charge < -0.3 is 0 Å². The van der Waals surface area contributed by atoms with E-state index in [2.05, 4.69) is 4.98 Å². The Bertz CT molecular complexity index is 431. The van der Waals surface area contributed by atoms with Gasteiger partial charge in [-0.3, -0.25) is 4.79 Å². The molecule has 2 nitrogen and oxygen atoms in total. The quantitative estimate of drug-likeness (QED) is 0.749. The van der Waals surface area contributed by atoms with Crippen molar-refractivity contribution in [3.63, 3.8) is 0 Å². The SMILES string of the molecule is Cc1csc(CC(=O)c2cccs2)n1. The second kappa shape index (κ2) is 4.02. The first kappa shape index (κ1) is 9.55. The molecule has 0 aromatic carbocycles. The third-order valence-electron chi connectivity index (χ3n) is 1.77. The van der Waals surface area contributed by atoms with Gasteiger partial charge in [0.05, 0.1) is 11.3 Å². The van der Waals surface area contributed by atoms with E-state index in [-0.39, 0.29) is 5.78 Å². The highest BCUT2D eigenvalue weighted by atomic mass is 32.1. The summed E-state index contributed by atoms with van der Waals surface area (Å²) in [5.74, 6) is 0.161. The van der Waals surface area contributed by atoms with Crippen LogP contribution in [0.4, 0.5) is 0 Å². The van der Waals surface area contributed by atoms with Gasteiger partial charge in [0.25, 0.3) is 0 Å². The number of hydrogen-bond donors (Lipinski definition) is 0. The van der Waals surface area contributed by atoms with Crippen LogP contribution in [0.15, 0.2) is 22.9 Å². The Labute approximate surface area is 90.2 Å². The van der Waals surface area contributed by atoms with Crippen molar-refractivity contribution in [2.24, 2.45) is 0 Å². The summed E-state index contributed by atoms with van der Waals surface area (Å²) < 4.78 is 0. The summed E-state index contributed by atoms with van der Waals surface area (Å²) in [4.78, 5) is 16.7. The van der Waals surface area contributed by atoms with Gasteiger partial charge in [-0.25, -0.2) is 4.98 Å². The molecule has 14 heavy (non-hydrogen) atoms. The fourth-order valence-corrected chi connectivity index (χ4v) is 2.58. The Balaban J connectivity index is 2.09. The number of rotatable bonds is 3. The molecule has 0 atom stereocenters. The molecule has 2 aromatic rings. The highest BCUT2D eigenvalue weighted by Crippen LogP contribution is 2.15. The molecule has 2 heterocycles. The predicted molar refractivity (Wildman–Crippen MR) is 59.2 cm³/mol. The third-order valence-corrected chi connectivity index (χ3v) is 3.65.